The Morgan fingerprint density at radius 2 is 1.05 bits per heavy atom. The van der Waals surface area contributed by atoms with E-state index in [1.54, 1.807) is 0 Å². The highest BCUT2D eigenvalue weighted by Gasteiger charge is 2.31. The number of benzene rings is 11. The largest absolute Gasteiger partial charge is 0.455 e. The number of aromatic nitrogens is 1. The van der Waals surface area contributed by atoms with Gasteiger partial charge < -0.3 is 8.98 Å². The fourth-order valence-electron chi connectivity index (χ4n) is 10.6. The Balaban J connectivity index is 0.967. The van der Waals surface area contributed by atoms with Gasteiger partial charge in [0, 0.05) is 38.9 Å². The van der Waals surface area contributed by atoms with E-state index in [2.05, 4.69) is 233 Å². The first-order chi connectivity index (χ1) is 32.7. The molecule has 13 aromatic rings. The number of hydrogen-bond donors (Lipinski definition) is 2. The van der Waals surface area contributed by atoms with Crippen molar-refractivity contribution in [2.45, 2.75) is 6.17 Å². The summed E-state index contributed by atoms with van der Waals surface area (Å²) in [5.74, 6) is 1.67. The van der Waals surface area contributed by atoms with Crippen molar-refractivity contribution in [1.82, 2.24) is 9.88 Å². The standard InChI is InChI=1S/C61H38N4O/c1-2-16-42-35-55-52(33-41(42)15-1)49-23-9-10-26-54(49)65(55)44-31-32-51-56(36-44)66-58-53(34-43-17-5-8-22-48(43)57(51)58)61-63-59(62-60(64-61)50-25-12-19-38-14-4-7-21-47(38)50)40-29-27-39(28-30-40)46-24-11-18-37-13-3-6-20-45(37)46/h1-36,61H,(H,62,63,64)/p+1. The minimum absolute atomic E-state index is 0.481. The maximum Gasteiger partial charge on any atom is 0.283 e. The van der Waals surface area contributed by atoms with Crippen LogP contribution in [0, 0.1) is 0 Å². The van der Waals surface area contributed by atoms with Crippen LogP contribution >= 0.6 is 0 Å². The molecule has 0 fully saturated rings. The summed E-state index contributed by atoms with van der Waals surface area (Å²) in [5, 5.41) is 17.9. The zero-order valence-electron chi connectivity index (χ0n) is 35.7. The van der Waals surface area contributed by atoms with E-state index in [-0.39, 0.29) is 0 Å². The Kier molecular flexibility index (Phi) is 7.98. The van der Waals surface area contributed by atoms with Crippen molar-refractivity contribution in [2.75, 3.05) is 0 Å². The van der Waals surface area contributed by atoms with Gasteiger partial charge in [-0.3, -0.25) is 0 Å². The summed E-state index contributed by atoms with van der Waals surface area (Å²) in [4.78, 5) is 9.40. The number of hydrogen-bond acceptors (Lipinski definition) is 3. The van der Waals surface area contributed by atoms with Crippen LogP contribution in [-0.2, 0) is 0 Å². The summed E-state index contributed by atoms with van der Waals surface area (Å²) in [6, 6.07) is 78.4. The van der Waals surface area contributed by atoms with E-state index in [0.717, 1.165) is 83.0 Å². The highest BCUT2D eigenvalue weighted by atomic mass is 16.3. The smallest absolute Gasteiger partial charge is 0.283 e. The molecule has 308 valence electrons. The molecular formula is C61H39N4O+. The molecule has 1 atom stereocenters. The minimum atomic E-state index is -0.481. The lowest BCUT2D eigenvalue weighted by molar-refractivity contribution is -0.510. The van der Waals surface area contributed by atoms with Gasteiger partial charge in [0.25, 0.3) is 5.84 Å². The number of furan rings is 1. The molecule has 66 heavy (non-hydrogen) atoms. The summed E-state index contributed by atoms with van der Waals surface area (Å²) in [5.41, 5.74) is 10.4. The number of fused-ring (bicyclic) bond motifs is 11. The molecule has 0 saturated heterocycles. The Morgan fingerprint density at radius 3 is 1.82 bits per heavy atom. The van der Waals surface area contributed by atoms with Crippen LogP contribution < -0.4 is 10.3 Å². The summed E-state index contributed by atoms with van der Waals surface area (Å²) in [7, 11) is 0. The first-order valence-corrected chi connectivity index (χ1v) is 22.6. The SMILES string of the molecule is c1ccc2cc3c(cc2c1)c1ccccc1n3-c1ccc2c(c1)oc1c(C3N=C(c4cccc5ccccc45)NC(c4ccc(-c5cccc6ccccc56)cc4)=[NH+]3)cc3ccccc3c12. The van der Waals surface area contributed by atoms with Crippen molar-refractivity contribution in [3.8, 4) is 16.8 Å². The lowest BCUT2D eigenvalue weighted by Crippen LogP contribution is -2.80. The zero-order valence-corrected chi connectivity index (χ0v) is 35.7. The van der Waals surface area contributed by atoms with Crippen molar-refractivity contribution in [3.63, 3.8) is 0 Å². The van der Waals surface area contributed by atoms with Gasteiger partial charge in [-0.15, -0.1) is 0 Å². The van der Waals surface area contributed by atoms with E-state index in [4.69, 9.17) is 9.41 Å². The number of para-hydroxylation sites is 1. The Labute approximate surface area is 379 Å². The summed E-state index contributed by atoms with van der Waals surface area (Å²) >= 11 is 0. The number of amidine groups is 2. The van der Waals surface area contributed by atoms with Crippen LogP contribution in [-0.4, -0.2) is 16.2 Å². The van der Waals surface area contributed by atoms with Crippen molar-refractivity contribution in [3.05, 3.63) is 235 Å². The molecular weight excluding hydrogens is 805 g/mol. The van der Waals surface area contributed by atoms with Crippen LogP contribution in [0.5, 0.6) is 0 Å². The van der Waals surface area contributed by atoms with Gasteiger partial charge in [0.1, 0.15) is 11.2 Å². The topological polar surface area (TPSA) is 56.4 Å². The van der Waals surface area contributed by atoms with Crippen LogP contribution in [0.1, 0.15) is 22.9 Å². The molecule has 2 aromatic heterocycles. The lowest BCUT2D eigenvalue weighted by Gasteiger charge is -2.18. The van der Waals surface area contributed by atoms with Crippen LogP contribution in [0.3, 0.4) is 0 Å². The van der Waals surface area contributed by atoms with E-state index in [1.165, 1.54) is 49.0 Å². The second-order valence-electron chi connectivity index (χ2n) is 17.4. The third-order valence-corrected chi connectivity index (χ3v) is 13.7. The molecule has 5 nitrogen and oxygen atoms in total. The second-order valence-corrected chi connectivity index (χ2v) is 17.4. The predicted octanol–water partition coefficient (Wildman–Crippen LogP) is 13.5. The predicted molar refractivity (Wildman–Crippen MR) is 274 cm³/mol. The summed E-state index contributed by atoms with van der Waals surface area (Å²) < 4.78 is 9.56. The van der Waals surface area contributed by atoms with E-state index < -0.39 is 6.17 Å². The van der Waals surface area contributed by atoms with Crippen LogP contribution in [0.4, 0.5) is 0 Å². The third kappa shape index (κ3) is 5.66. The molecule has 1 unspecified atom stereocenters. The average Bonchev–Trinajstić information content (AvgIpc) is 3.93. The maximum absolute atomic E-state index is 7.18. The van der Waals surface area contributed by atoms with Gasteiger partial charge in [-0.2, -0.15) is 4.99 Å². The Bertz CT molecular complexity index is 4200. The molecule has 1 aliphatic heterocycles. The molecule has 0 amide bonds. The molecule has 0 spiro atoms. The summed E-state index contributed by atoms with van der Waals surface area (Å²) in [6.45, 7) is 0. The third-order valence-electron chi connectivity index (χ3n) is 13.7. The van der Waals surface area contributed by atoms with E-state index >= 15 is 0 Å². The molecule has 5 heteroatoms. The van der Waals surface area contributed by atoms with Crippen LogP contribution in [0.25, 0.3) is 104 Å². The zero-order chi connectivity index (χ0) is 43.3. The van der Waals surface area contributed by atoms with Gasteiger partial charge >= 0.3 is 0 Å². The maximum atomic E-state index is 7.18. The van der Waals surface area contributed by atoms with Gasteiger partial charge in [0.2, 0.25) is 12.0 Å². The summed E-state index contributed by atoms with van der Waals surface area (Å²) in [6.07, 6.45) is -0.481. The van der Waals surface area contributed by atoms with Gasteiger partial charge in [-0.05, 0) is 109 Å². The highest BCUT2D eigenvalue weighted by Crippen LogP contribution is 2.41. The van der Waals surface area contributed by atoms with Crippen molar-refractivity contribution in [2.24, 2.45) is 4.99 Å². The quantitative estimate of drug-likeness (QED) is 0.181. The van der Waals surface area contributed by atoms with Crippen LogP contribution in [0.2, 0.25) is 0 Å². The number of rotatable bonds is 5. The minimum Gasteiger partial charge on any atom is -0.455 e. The molecule has 14 rings (SSSR count). The molecule has 3 heterocycles. The Morgan fingerprint density at radius 1 is 0.439 bits per heavy atom. The molecule has 1 aliphatic rings. The normalized spacial score (nSPS) is 14.2. The number of nitrogens with one attached hydrogen (secondary N) is 2. The lowest BCUT2D eigenvalue weighted by atomic mass is 9.97. The van der Waals surface area contributed by atoms with Crippen LogP contribution in [0.15, 0.2) is 228 Å². The molecule has 0 radical (unpaired) electrons. The monoisotopic (exact) mass is 843 g/mol. The van der Waals surface area contributed by atoms with Gasteiger partial charge in [0.15, 0.2) is 0 Å². The molecule has 0 bridgehead atoms. The van der Waals surface area contributed by atoms with Gasteiger partial charge in [-0.1, -0.05) is 158 Å². The number of nitrogens with zero attached hydrogens (tertiary/aromatic N) is 2. The molecule has 0 saturated carbocycles. The van der Waals surface area contributed by atoms with E-state index in [0.29, 0.717) is 0 Å². The molecule has 11 aromatic carbocycles. The van der Waals surface area contributed by atoms with Crippen molar-refractivity contribution < 1.29 is 9.41 Å². The fraction of sp³-hybridized carbons (Fsp3) is 0.0164. The van der Waals surface area contributed by atoms with Crippen molar-refractivity contribution in [1.29, 1.82) is 0 Å². The second kappa shape index (κ2) is 14.4. The highest BCUT2D eigenvalue weighted by molar-refractivity contribution is 6.22. The van der Waals surface area contributed by atoms with E-state index in [1.807, 2.05) is 0 Å². The van der Waals surface area contributed by atoms with E-state index in [9.17, 15) is 0 Å². The average molecular weight is 844 g/mol. The number of aliphatic imine (C=N–C) groups is 1. The Hall–Kier alpha value is -8.80. The first kappa shape index (κ1) is 36.7. The van der Waals surface area contributed by atoms with Gasteiger partial charge in [-0.25, -0.2) is 10.3 Å². The molecule has 2 N–H and O–H groups in total. The van der Waals surface area contributed by atoms with Gasteiger partial charge in [0.05, 0.1) is 22.2 Å². The van der Waals surface area contributed by atoms with Crippen molar-refractivity contribution >= 4 is 98.5 Å². The fourth-order valence-corrected chi connectivity index (χ4v) is 10.6. The first-order valence-electron chi connectivity index (χ1n) is 22.6. The molecule has 0 aliphatic carbocycles.